The molecule has 90 valence electrons. The molecule has 16 heavy (non-hydrogen) atoms. The Hall–Kier alpha value is -1.65. The van der Waals surface area contributed by atoms with Crippen molar-refractivity contribution in [3.05, 3.63) is 12.7 Å². The van der Waals surface area contributed by atoms with Gasteiger partial charge in [0.15, 0.2) is 0 Å². The van der Waals surface area contributed by atoms with E-state index in [2.05, 4.69) is 21.3 Å². The van der Waals surface area contributed by atoms with Crippen LogP contribution in [-0.4, -0.2) is 24.3 Å². The summed E-state index contributed by atoms with van der Waals surface area (Å²) in [5, 5.41) is 3.62. The van der Waals surface area contributed by atoms with Crippen molar-refractivity contribution in [2.75, 3.05) is 6.61 Å². The third-order valence-corrected chi connectivity index (χ3v) is 1.75. The zero-order valence-corrected chi connectivity index (χ0v) is 9.69. The first-order valence-corrected chi connectivity index (χ1v) is 5.12. The van der Waals surface area contributed by atoms with Gasteiger partial charge in [0.25, 0.3) is 0 Å². The molecule has 0 aliphatic rings. The monoisotopic (exact) mass is 227 g/mol. The number of hydrogen-bond donors (Lipinski definition) is 0. The van der Waals surface area contributed by atoms with Crippen LogP contribution >= 0.6 is 0 Å². The maximum Gasteiger partial charge on any atom is 0.335 e. The van der Waals surface area contributed by atoms with Crippen molar-refractivity contribution >= 4 is 17.7 Å². The standard InChI is InChI=1S/C11H17NO4/c1-4-9(3)12-16-11(14)7-6-8-15-10(13)5-2/h5H,2,4,6-8H2,1,3H3/b12-9+. The average Bonchev–Trinajstić information content (AvgIpc) is 2.31. The molecule has 0 rings (SSSR count). The number of carbonyl (C=O) groups is 2. The fourth-order valence-corrected chi connectivity index (χ4v) is 0.687. The number of esters is 1. The number of hydrogen-bond acceptors (Lipinski definition) is 5. The van der Waals surface area contributed by atoms with Gasteiger partial charge in [0, 0.05) is 6.08 Å². The first-order valence-electron chi connectivity index (χ1n) is 5.12. The third-order valence-electron chi connectivity index (χ3n) is 1.75. The maximum absolute atomic E-state index is 11.1. The van der Waals surface area contributed by atoms with Crippen LogP contribution in [-0.2, 0) is 19.2 Å². The molecule has 0 amide bonds. The Kier molecular flexibility index (Phi) is 7.75. The molecule has 0 heterocycles. The summed E-state index contributed by atoms with van der Waals surface area (Å²) in [7, 11) is 0. The molecule has 0 atom stereocenters. The van der Waals surface area contributed by atoms with Crippen molar-refractivity contribution in [1.82, 2.24) is 0 Å². The number of nitrogens with zero attached hydrogens (tertiary/aromatic N) is 1. The second kappa shape index (κ2) is 8.64. The summed E-state index contributed by atoms with van der Waals surface area (Å²) >= 11 is 0. The van der Waals surface area contributed by atoms with Gasteiger partial charge in [-0.05, 0) is 19.8 Å². The van der Waals surface area contributed by atoms with Gasteiger partial charge < -0.3 is 9.57 Å². The molecule has 0 N–H and O–H groups in total. The van der Waals surface area contributed by atoms with E-state index < -0.39 is 11.9 Å². The van der Waals surface area contributed by atoms with Crippen molar-refractivity contribution in [2.24, 2.45) is 5.16 Å². The summed E-state index contributed by atoms with van der Waals surface area (Å²) in [5.74, 6) is -0.921. The fraction of sp³-hybridized carbons (Fsp3) is 0.545. The first-order chi connectivity index (χ1) is 7.60. The minimum atomic E-state index is -0.492. The second-order valence-electron chi connectivity index (χ2n) is 3.12. The van der Waals surface area contributed by atoms with Crippen molar-refractivity contribution in [3.63, 3.8) is 0 Å². The van der Waals surface area contributed by atoms with Crippen LogP contribution < -0.4 is 0 Å². The van der Waals surface area contributed by atoms with E-state index in [1.54, 1.807) is 6.92 Å². The van der Waals surface area contributed by atoms with Crippen LogP contribution in [0, 0.1) is 0 Å². The van der Waals surface area contributed by atoms with E-state index in [9.17, 15) is 9.59 Å². The Morgan fingerprint density at radius 3 is 2.69 bits per heavy atom. The molecule has 0 fully saturated rings. The summed E-state index contributed by atoms with van der Waals surface area (Å²) in [5.41, 5.74) is 0.756. The lowest BCUT2D eigenvalue weighted by molar-refractivity contribution is -0.145. The highest BCUT2D eigenvalue weighted by molar-refractivity contribution is 5.82. The van der Waals surface area contributed by atoms with Crippen molar-refractivity contribution in [3.8, 4) is 0 Å². The minimum absolute atomic E-state index is 0.172. The van der Waals surface area contributed by atoms with Gasteiger partial charge in [0.1, 0.15) is 0 Å². The summed E-state index contributed by atoms with van der Waals surface area (Å²) in [6, 6.07) is 0. The molecule has 0 aliphatic heterocycles. The normalized spacial score (nSPS) is 10.8. The van der Waals surface area contributed by atoms with Gasteiger partial charge in [0.05, 0.1) is 18.7 Å². The minimum Gasteiger partial charge on any atom is -0.463 e. The second-order valence-corrected chi connectivity index (χ2v) is 3.12. The van der Waals surface area contributed by atoms with Crippen LogP contribution in [0.1, 0.15) is 33.1 Å². The Bertz CT molecular complexity index is 284. The molecule has 0 aromatic carbocycles. The molecular formula is C11H17NO4. The molecule has 0 aromatic rings. The predicted molar refractivity (Wildman–Crippen MR) is 59.9 cm³/mol. The molecule has 0 spiro atoms. The van der Waals surface area contributed by atoms with E-state index in [4.69, 9.17) is 0 Å². The molecule has 0 unspecified atom stereocenters. The molecular weight excluding hydrogens is 210 g/mol. The van der Waals surface area contributed by atoms with Crippen LogP contribution in [0.15, 0.2) is 17.8 Å². The van der Waals surface area contributed by atoms with Gasteiger partial charge in [-0.15, -0.1) is 0 Å². The molecule has 5 heteroatoms. The van der Waals surface area contributed by atoms with Gasteiger partial charge in [-0.3, -0.25) is 0 Å². The fourth-order valence-electron chi connectivity index (χ4n) is 0.687. The number of oxime groups is 1. The number of rotatable bonds is 7. The lowest BCUT2D eigenvalue weighted by Gasteiger charge is -2.01. The largest absolute Gasteiger partial charge is 0.463 e. The highest BCUT2D eigenvalue weighted by atomic mass is 16.7. The maximum atomic E-state index is 11.1. The Morgan fingerprint density at radius 1 is 1.44 bits per heavy atom. The zero-order chi connectivity index (χ0) is 12.4. The van der Waals surface area contributed by atoms with Crippen molar-refractivity contribution in [2.45, 2.75) is 33.1 Å². The zero-order valence-electron chi connectivity index (χ0n) is 9.69. The van der Waals surface area contributed by atoms with Crippen molar-refractivity contribution < 1.29 is 19.2 Å². The van der Waals surface area contributed by atoms with Gasteiger partial charge in [-0.25, -0.2) is 9.59 Å². The Morgan fingerprint density at radius 2 is 2.12 bits per heavy atom. The van der Waals surface area contributed by atoms with Crippen LogP contribution in [0.25, 0.3) is 0 Å². The highest BCUT2D eigenvalue weighted by Crippen LogP contribution is 1.96. The lowest BCUT2D eigenvalue weighted by Crippen LogP contribution is -2.06. The van der Waals surface area contributed by atoms with Crippen molar-refractivity contribution in [1.29, 1.82) is 0 Å². The molecule has 0 bridgehead atoms. The van der Waals surface area contributed by atoms with Crippen LogP contribution in [0.4, 0.5) is 0 Å². The van der Waals surface area contributed by atoms with Crippen LogP contribution in [0.2, 0.25) is 0 Å². The average molecular weight is 227 g/mol. The molecule has 0 aromatic heterocycles. The smallest absolute Gasteiger partial charge is 0.335 e. The third kappa shape index (κ3) is 7.73. The quantitative estimate of drug-likeness (QED) is 0.166. The summed E-state index contributed by atoms with van der Waals surface area (Å²) in [4.78, 5) is 26.3. The number of carbonyl (C=O) groups excluding carboxylic acids is 2. The molecule has 5 nitrogen and oxygen atoms in total. The predicted octanol–water partition coefficient (Wildman–Crippen LogP) is 1.82. The summed E-state index contributed by atoms with van der Waals surface area (Å²) < 4.78 is 4.69. The van der Waals surface area contributed by atoms with E-state index in [0.717, 1.165) is 18.2 Å². The molecule has 0 saturated heterocycles. The first kappa shape index (κ1) is 14.3. The Balaban J connectivity index is 3.59. The van der Waals surface area contributed by atoms with Crippen LogP contribution in [0.3, 0.4) is 0 Å². The molecule has 0 aliphatic carbocycles. The van der Waals surface area contributed by atoms with E-state index in [1.807, 2.05) is 6.92 Å². The summed E-state index contributed by atoms with van der Waals surface area (Å²) in [6.07, 6.45) is 2.40. The van der Waals surface area contributed by atoms with Gasteiger partial charge in [-0.2, -0.15) is 0 Å². The van der Waals surface area contributed by atoms with E-state index in [0.29, 0.717) is 6.42 Å². The van der Waals surface area contributed by atoms with Gasteiger partial charge in [0.2, 0.25) is 0 Å². The van der Waals surface area contributed by atoms with Gasteiger partial charge in [-0.1, -0.05) is 18.7 Å². The molecule has 0 saturated carbocycles. The van der Waals surface area contributed by atoms with Crippen LogP contribution in [0.5, 0.6) is 0 Å². The Labute approximate surface area is 95.1 Å². The van der Waals surface area contributed by atoms with E-state index >= 15 is 0 Å². The van der Waals surface area contributed by atoms with E-state index in [1.165, 1.54) is 0 Å². The van der Waals surface area contributed by atoms with Gasteiger partial charge >= 0.3 is 11.9 Å². The summed E-state index contributed by atoms with van der Waals surface area (Å²) in [6.45, 7) is 7.12. The SMILES string of the molecule is C=CC(=O)OCCCC(=O)O/N=C(\C)CC. The molecule has 0 radical (unpaired) electrons. The highest BCUT2D eigenvalue weighted by Gasteiger charge is 2.03. The topological polar surface area (TPSA) is 65.0 Å². The lowest BCUT2D eigenvalue weighted by atomic mass is 10.3. The number of ether oxygens (including phenoxy) is 1. The van der Waals surface area contributed by atoms with E-state index in [-0.39, 0.29) is 13.0 Å².